The molecule has 0 saturated heterocycles. The van der Waals surface area contributed by atoms with E-state index >= 15 is 0 Å². The van der Waals surface area contributed by atoms with E-state index in [1.807, 2.05) is 5.92 Å². The van der Waals surface area contributed by atoms with Crippen LogP contribution in [0.5, 0.6) is 0 Å². The zero-order chi connectivity index (χ0) is 114. The van der Waals surface area contributed by atoms with Crippen LogP contribution in [0.4, 0.5) is 65.9 Å². The number of nitrogens with one attached hydrogen (secondary N) is 4. The molecule has 0 aromatic heterocycles. The molecule has 7 aromatic carbocycles. The Labute approximate surface area is 856 Å². The molecule has 12 atom stereocenters. The van der Waals surface area contributed by atoms with Gasteiger partial charge in [0.05, 0.1) is 26.4 Å². The normalized spacial score (nSPS) is 12.1. The molecule has 0 unspecified atom stereocenters. The van der Waals surface area contributed by atoms with Crippen molar-refractivity contribution < 1.29 is 163 Å². The highest BCUT2D eigenvalue weighted by Crippen LogP contribution is 2.16. The fraction of sp³-hybridized carbons (Fsp3) is 0.346. The SMILES string of the molecule is CC#C[C@H](F)C[C@@H](NC(C)=O)C(=O)OCC.CCOC(=O)[C@H](CCC#Cc1cc(F)cc(F)c1)NC(C)=O.CCOC(=O)[C@H](CCC#Cc1ccc(F)cc1)NC(C)=O.CCOC(=O)[C@H](C[C@@H](F)C#Cc1cc(F)cc(F)c1)NC(C)=O.N[C@@H](CCC#Cc1ccc(F)cc1)C(=O)O.N[C@H](CCC#Cc1cc(F)cc(F)c1)C(=O)O.N[C@H](C[C@@H](F)C#Cc1cc(F)cc(F)c1)C(=O)O.N[C@H](C[C@@H](F)C#Cc1ccc(F)cc1)C(=O)O. The number of nitrogens with two attached hydrogens (primary N) is 4. The first-order chi connectivity index (χ1) is 70.7. The van der Waals surface area contributed by atoms with Gasteiger partial charge in [0.1, 0.15) is 112 Å². The Kier molecular flexibility index (Phi) is 67.7. The smallest absolute Gasteiger partial charge is 0.328 e. The van der Waals surface area contributed by atoms with Crippen molar-refractivity contribution in [3.05, 3.63) is 249 Å². The third-order valence-electron chi connectivity index (χ3n) is 17.5. The van der Waals surface area contributed by atoms with Gasteiger partial charge in [-0.3, -0.25) is 38.4 Å². The molecular formula is C107H111F15N8O20. The van der Waals surface area contributed by atoms with E-state index in [1.165, 1.54) is 83.1 Å². The Hall–Kier alpha value is -16.6. The predicted octanol–water partition coefficient (Wildman–Crippen LogP) is 12.8. The van der Waals surface area contributed by atoms with Gasteiger partial charge in [-0.2, -0.15) is 0 Å². The van der Waals surface area contributed by atoms with Crippen LogP contribution in [0.1, 0.15) is 178 Å². The summed E-state index contributed by atoms with van der Waals surface area (Å²) >= 11 is 0. The molecule has 7 aromatic rings. The van der Waals surface area contributed by atoms with Crippen LogP contribution in [0.3, 0.4) is 0 Å². The van der Waals surface area contributed by atoms with Gasteiger partial charge < -0.3 is 83.6 Å². The van der Waals surface area contributed by atoms with Gasteiger partial charge in [0.25, 0.3) is 0 Å². The summed E-state index contributed by atoms with van der Waals surface area (Å²) in [5, 5.41) is 43.6. The maximum atomic E-state index is 13.9. The van der Waals surface area contributed by atoms with Crippen LogP contribution in [0.25, 0.3) is 0 Å². The number of ether oxygens (including phenoxy) is 4. The molecule has 0 spiro atoms. The largest absolute Gasteiger partial charge is 0.480 e. The monoisotopic (exact) mass is 2110 g/mol. The van der Waals surface area contributed by atoms with E-state index in [4.69, 9.17) is 62.3 Å². The van der Waals surface area contributed by atoms with E-state index < -0.39 is 198 Å². The molecule has 28 nitrogen and oxygen atoms in total. The van der Waals surface area contributed by atoms with E-state index in [0.717, 1.165) is 60.7 Å². The number of carboxylic acid groups (broad SMARTS) is 4. The van der Waals surface area contributed by atoms with Crippen LogP contribution in [-0.2, 0) is 76.5 Å². The number of carbonyl (C=O) groups excluding carboxylic acids is 8. The fourth-order valence-corrected chi connectivity index (χ4v) is 10.7. The Balaban J connectivity index is 0.00000170. The highest BCUT2D eigenvalue weighted by Gasteiger charge is 2.28. The minimum absolute atomic E-state index is 0.0287. The number of amides is 4. The number of aliphatic carboxylic acids is 4. The van der Waals surface area contributed by atoms with E-state index in [-0.39, 0.29) is 111 Å². The molecule has 7 rings (SSSR count). The molecule has 0 aliphatic carbocycles. The standard InChI is InChI=1S/C16H16F3NO3.C16H17F2NO3.C16H18FNO3.C12H10F3NO2.2C12H11F2NO2.C12H12FNO2.C11H16FNO3/c1-3-23-16(22)15(20-10(2)21)9-12(17)5-4-11-6-13(18)8-14(19)7-11;1-3-22-16(21)15(19-11(2)20)7-5-4-6-12-8-13(17)10-14(18)9-12;1-3-21-16(20)15(18-12(2)19)7-5-4-6-13-8-10-14(17)11-9-13;13-8(6-11(16)12(17)18)2-1-7-3-9(14)5-10(15)4-7;13-9-4-1-8(2-5-9)3-6-10(14)7-11(15)12(16)17;13-9-5-8(6-10(14)7-9)3-1-2-4-11(15)12(16)17;13-10-7-5-9(6-8-10)3-1-2-4-11(14)12(15)16;1-4-6-9(12)7-10(13-8(3)14)11(15)16-5-2/h6-8,12,15H,3,9H2,1-2H3,(H,20,21);8-10,15H,3,5,7H2,1-2H3,(H,19,20);8-11,15H,3,5,7H2,1-2H3,(H,18,19);3-5,8,11H,6,16H2,(H,17,18);1-2,4-5,10-11H,7,15H2,(H,16,17);5-7,11H,2,4,15H2,(H,16,17);5-8,11H,2,4,14H2,(H,15,16);9-10H,5,7H2,1-3H3,(H,13,14)/t12-,15-;2*15-;8-,11+;10-,11+;2*11-;9-,10+/m00000100/s1. The Morgan fingerprint density at radius 1 is 0.273 bits per heavy atom. The number of alkyl halides is 4. The Morgan fingerprint density at radius 2 is 0.473 bits per heavy atom. The van der Waals surface area contributed by atoms with Crippen LogP contribution < -0.4 is 44.2 Å². The zero-order valence-corrected chi connectivity index (χ0v) is 82.4. The zero-order valence-electron chi connectivity index (χ0n) is 82.4. The second kappa shape index (κ2) is 76.1. The van der Waals surface area contributed by atoms with E-state index in [9.17, 15) is 123 Å². The van der Waals surface area contributed by atoms with Crippen LogP contribution in [0.2, 0.25) is 0 Å². The number of esters is 4. The summed E-state index contributed by atoms with van der Waals surface area (Å²) in [6, 6.07) is 19.9. The first-order valence-electron chi connectivity index (χ1n) is 45.0. The minimum atomic E-state index is -1.79. The summed E-state index contributed by atoms with van der Waals surface area (Å²) in [6.07, 6.45) is -5.65. The lowest BCUT2D eigenvalue weighted by atomic mass is 10.1. The molecule has 43 heteroatoms. The van der Waals surface area contributed by atoms with Crippen molar-refractivity contribution in [2.75, 3.05) is 26.4 Å². The number of benzene rings is 7. The fourth-order valence-electron chi connectivity index (χ4n) is 10.7. The molecule has 16 N–H and O–H groups in total. The summed E-state index contributed by atoms with van der Waals surface area (Å²) in [5.74, 6) is 24.1. The van der Waals surface area contributed by atoms with Gasteiger partial charge >= 0.3 is 47.8 Å². The number of hydrogen-bond acceptors (Lipinski definition) is 20. The second-order valence-corrected chi connectivity index (χ2v) is 30.3. The average molecular weight is 2110 g/mol. The summed E-state index contributed by atoms with van der Waals surface area (Å²) in [4.78, 5) is 132. The maximum absolute atomic E-state index is 13.9. The quantitative estimate of drug-likeness (QED) is 0.00806. The molecular weight excluding hydrogens is 2000 g/mol. The van der Waals surface area contributed by atoms with Gasteiger partial charge in [-0.1, -0.05) is 88.8 Å². The van der Waals surface area contributed by atoms with E-state index in [0.29, 0.717) is 54.5 Å². The third kappa shape index (κ3) is 66.5. The third-order valence-corrected chi connectivity index (χ3v) is 17.5. The Morgan fingerprint density at radius 3 is 0.707 bits per heavy atom. The molecule has 0 bridgehead atoms. The number of rotatable bonds is 32. The summed E-state index contributed by atoms with van der Waals surface area (Å²) in [7, 11) is 0. The number of halogens is 15. The molecule has 0 aliphatic heterocycles. The predicted molar refractivity (Wildman–Crippen MR) is 521 cm³/mol. The van der Waals surface area contributed by atoms with E-state index in [2.05, 4.69) is 110 Å². The number of hydrogen-bond donors (Lipinski definition) is 12. The molecule has 150 heavy (non-hydrogen) atoms. The minimum Gasteiger partial charge on any atom is -0.480 e. The van der Waals surface area contributed by atoms with Crippen molar-refractivity contribution in [3.63, 3.8) is 0 Å². The van der Waals surface area contributed by atoms with Crippen molar-refractivity contribution in [3.8, 4) is 94.7 Å². The number of carbonyl (C=O) groups is 12. The van der Waals surface area contributed by atoms with Crippen LogP contribution in [0.15, 0.2) is 146 Å². The lowest BCUT2D eigenvalue weighted by molar-refractivity contribution is -0.148. The molecule has 0 aliphatic rings. The van der Waals surface area contributed by atoms with Crippen molar-refractivity contribution >= 4 is 71.4 Å². The van der Waals surface area contributed by atoms with Gasteiger partial charge in [-0.25, -0.2) is 85.0 Å². The van der Waals surface area contributed by atoms with Crippen molar-refractivity contribution in [1.82, 2.24) is 21.3 Å². The number of carboxylic acids is 4. The van der Waals surface area contributed by atoms with E-state index in [1.54, 1.807) is 52.0 Å². The van der Waals surface area contributed by atoms with Crippen molar-refractivity contribution in [2.45, 2.75) is 212 Å². The molecule has 4 amide bonds. The first kappa shape index (κ1) is 133. The topological polar surface area (TPSA) is 475 Å². The maximum Gasteiger partial charge on any atom is 0.328 e. The lowest BCUT2D eigenvalue weighted by Crippen LogP contribution is -2.42. The summed E-state index contributed by atoms with van der Waals surface area (Å²) in [6.45, 7) is 13.9. The molecule has 0 saturated carbocycles. The van der Waals surface area contributed by atoms with Gasteiger partial charge in [0.2, 0.25) is 23.6 Å². The van der Waals surface area contributed by atoms with Gasteiger partial charge in [0, 0.05) is 142 Å². The van der Waals surface area contributed by atoms with Crippen LogP contribution >= 0.6 is 0 Å². The molecule has 0 radical (unpaired) electrons. The molecule has 804 valence electrons. The van der Waals surface area contributed by atoms with Gasteiger partial charge in [-0.05, 0) is 182 Å². The van der Waals surface area contributed by atoms with Crippen molar-refractivity contribution in [2.24, 2.45) is 22.9 Å². The summed E-state index contributed by atoms with van der Waals surface area (Å²) in [5.41, 5.74) is 23.0. The van der Waals surface area contributed by atoms with Gasteiger partial charge in [0.15, 0.2) is 24.7 Å². The van der Waals surface area contributed by atoms with Gasteiger partial charge in [-0.15, -0.1) is 5.92 Å². The lowest BCUT2D eigenvalue weighted by Gasteiger charge is -2.16. The van der Waals surface area contributed by atoms with Crippen LogP contribution in [0, 0.1) is 159 Å². The van der Waals surface area contributed by atoms with Crippen LogP contribution in [-0.4, -0.2) is 191 Å². The molecule has 0 heterocycles. The summed E-state index contributed by atoms with van der Waals surface area (Å²) < 4.78 is 213. The molecule has 0 fully saturated rings. The average Bonchev–Trinajstić information content (AvgIpc) is 0.860. The highest BCUT2D eigenvalue weighted by atomic mass is 19.2. The first-order valence-corrected chi connectivity index (χ1v) is 45.0. The highest BCUT2D eigenvalue weighted by molar-refractivity contribution is 5.85. The van der Waals surface area contributed by atoms with Crippen molar-refractivity contribution in [1.29, 1.82) is 0 Å². The second-order valence-electron chi connectivity index (χ2n) is 30.3. The Bertz CT molecular complexity index is 6060.